The van der Waals surface area contributed by atoms with Gasteiger partial charge in [0.2, 0.25) is 0 Å². The second-order valence-electron chi connectivity index (χ2n) is 3.92. The number of hydrogen-bond acceptors (Lipinski definition) is 3. The van der Waals surface area contributed by atoms with Crippen molar-refractivity contribution in [3.05, 3.63) is 53.6 Å². The lowest BCUT2D eigenvalue weighted by Gasteiger charge is -2.13. The van der Waals surface area contributed by atoms with Gasteiger partial charge in [-0.25, -0.2) is 4.98 Å². The minimum absolute atomic E-state index is 0.459. The van der Waals surface area contributed by atoms with Crippen molar-refractivity contribution in [3.63, 3.8) is 0 Å². The van der Waals surface area contributed by atoms with Crippen molar-refractivity contribution in [2.24, 2.45) is 0 Å². The molecule has 92 valence electrons. The van der Waals surface area contributed by atoms with Gasteiger partial charge in [0.25, 0.3) is 0 Å². The normalized spacial score (nSPS) is 10.2. The van der Waals surface area contributed by atoms with E-state index in [1.807, 2.05) is 32.2 Å². The third kappa shape index (κ3) is 2.36. The summed E-state index contributed by atoms with van der Waals surface area (Å²) in [5.41, 5.74) is 4.70. The van der Waals surface area contributed by atoms with Gasteiger partial charge in [-0.05, 0) is 24.6 Å². The lowest BCUT2D eigenvalue weighted by Crippen LogP contribution is -2.05. The largest absolute Gasteiger partial charge is 0.388 e. The van der Waals surface area contributed by atoms with Crippen molar-refractivity contribution < 1.29 is 0 Å². The Morgan fingerprint density at radius 3 is 2.78 bits per heavy atom. The highest BCUT2D eigenvalue weighted by Gasteiger charge is 2.11. The first-order valence-electron chi connectivity index (χ1n) is 5.58. The number of hydrogen-bond donors (Lipinski definition) is 1. The minimum Gasteiger partial charge on any atom is -0.388 e. The monoisotopic (exact) mass is 259 g/mol. The molecule has 0 amide bonds. The summed E-state index contributed by atoms with van der Waals surface area (Å²) in [5, 5.41) is 3.49. The summed E-state index contributed by atoms with van der Waals surface area (Å²) >= 11 is 5.99. The molecule has 0 atom stereocenters. The van der Waals surface area contributed by atoms with E-state index in [-0.39, 0.29) is 0 Å². The van der Waals surface area contributed by atoms with E-state index in [0.717, 1.165) is 28.1 Å². The maximum absolute atomic E-state index is 5.99. The number of aryl methyl sites for hydroxylation is 1. The van der Waals surface area contributed by atoms with Gasteiger partial charge in [0, 0.05) is 42.0 Å². The second-order valence-corrected chi connectivity index (χ2v) is 4.30. The number of nitrogens with zero attached hydrogens (tertiary/aromatic N) is 2. The molecule has 2 rings (SSSR count). The van der Waals surface area contributed by atoms with Gasteiger partial charge in [-0.1, -0.05) is 24.2 Å². The molecule has 1 N–H and O–H groups in total. The topological polar surface area (TPSA) is 37.8 Å². The van der Waals surface area contributed by atoms with Gasteiger partial charge in [0.1, 0.15) is 5.15 Å². The Balaban J connectivity index is 2.66. The minimum atomic E-state index is 0.459. The van der Waals surface area contributed by atoms with Crippen molar-refractivity contribution in [2.75, 3.05) is 7.05 Å². The van der Waals surface area contributed by atoms with Gasteiger partial charge < -0.3 is 5.32 Å². The number of rotatable bonds is 3. The molecule has 0 aliphatic rings. The van der Waals surface area contributed by atoms with Crippen LogP contribution < -0.4 is 5.32 Å². The number of aromatic nitrogens is 2. The summed E-state index contributed by atoms with van der Waals surface area (Å²) in [6.45, 7) is 5.94. The Labute approximate surface area is 112 Å². The van der Waals surface area contributed by atoms with Crippen LogP contribution in [0.25, 0.3) is 16.8 Å². The Hall–Kier alpha value is -1.87. The van der Waals surface area contributed by atoms with E-state index in [2.05, 4.69) is 21.9 Å². The summed E-state index contributed by atoms with van der Waals surface area (Å²) in [6, 6.07) is 5.76. The molecule has 0 aliphatic heterocycles. The Bertz CT molecular complexity index is 593. The van der Waals surface area contributed by atoms with Crippen LogP contribution in [0.5, 0.6) is 0 Å². The molecule has 0 bridgehead atoms. The maximum Gasteiger partial charge on any atom is 0.129 e. The zero-order valence-electron chi connectivity index (χ0n) is 10.4. The van der Waals surface area contributed by atoms with Crippen LogP contribution in [0.3, 0.4) is 0 Å². The third-order valence-electron chi connectivity index (χ3n) is 2.79. The summed E-state index contributed by atoms with van der Waals surface area (Å²) in [5.74, 6) is 0. The van der Waals surface area contributed by atoms with Crippen molar-refractivity contribution in [1.29, 1.82) is 0 Å². The van der Waals surface area contributed by atoms with Crippen LogP contribution in [-0.4, -0.2) is 17.0 Å². The average molecular weight is 260 g/mol. The molecular formula is C14H14ClN3. The van der Waals surface area contributed by atoms with E-state index in [9.17, 15) is 0 Å². The number of nitrogens with one attached hydrogen (secondary N) is 1. The van der Waals surface area contributed by atoms with E-state index < -0.39 is 0 Å². The summed E-state index contributed by atoms with van der Waals surface area (Å²) in [6.07, 6.45) is 3.50. The van der Waals surface area contributed by atoms with E-state index in [0.29, 0.717) is 5.15 Å². The molecule has 4 heteroatoms. The van der Waals surface area contributed by atoms with Gasteiger partial charge in [-0.2, -0.15) is 0 Å². The SMILES string of the molecule is C=C(NC)c1cnc(Cl)cc1-c1cccnc1C. The van der Waals surface area contributed by atoms with Crippen molar-refractivity contribution >= 4 is 17.3 Å². The molecule has 2 heterocycles. The fourth-order valence-corrected chi connectivity index (χ4v) is 1.95. The van der Waals surface area contributed by atoms with E-state index in [1.54, 1.807) is 12.4 Å². The lowest BCUT2D eigenvalue weighted by atomic mass is 9.99. The number of pyridine rings is 2. The molecule has 0 radical (unpaired) electrons. The van der Waals surface area contributed by atoms with E-state index in [4.69, 9.17) is 11.6 Å². The molecule has 0 unspecified atom stereocenters. The second kappa shape index (κ2) is 5.19. The molecule has 0 saturated carbocycles. The zero-order valence-corrected chi connectivity index (χ0v) is 11.1. The molecular weight excluding hydrogens is 246 g/mol. The summed E-state index contributed by atoms with van der Waals surface area (Å²) < 4.78 is 0. The third-order valence-corrected chi connectivity index (χ3v) is 3.00. The Morgan fingerprint density at radius 2 is 2.11 bits per heavy atom. The van der Waals surface area contributed by atoms with Gasteiger partial charge in [0.05, 0.1) is 0 Å². The highest BCUT2D eigenvalue weighted by molar-refractivity contribution is 6.29. The van der Waals surface area contributed by atoms with Crippen LogP contribution in [0.15, 0.2) is 37.2 Å². The maximum atomic E-state index is 5.99. The van der Waals surface area contributed by atoms with Crippen LogP contribution in [0.4, 0.5) is 0 Å². The predicted octanol–water partition coefficient (Wildman–Crippen LogP) is 3.30. The zero-order chi connectivity index (χ0) is 13.1. The highest BCUT2D eigenvalue weighted by Crippen LogP contribution is 2.30. The fourth-order valence-electron chi connectivity index (χ4n) is 1.80. The smallest absolute Gasteiger partial charge is 0.129 e. The lowest BCUT2D eigenvalue weighted by molar-refractivity contribution is 1.12. The molecule has 0 aliphatic carbocycles. The molecule has 3 nitrogen and oxygen atoms in total. The van der Waals surface area contributed by atoms with E-state index >= 15 is 0 Å². The Morgan fingerprint density at radius 1 is 1.33 bits per heavy atom. The Kier molecular flexibility index (Phi) is 3.63. The van der Waals surface area contributed by atoms with Crippen molar-refractivity contribution in [2.45, 2.75) is 6.92 Å². The van der Waals surface area contributed by atoms with Crippen molar-refractivity contribution in [3.8, 4) is 11.1 Å². The van der Waals surface area contributed by atoms with Gasteiger partial charge >= 0.3 is 0 Å². The summed E-state index contributed by atoms with van der Waals surface area (Å²) in [7, 11) is 1.83. The molecule has 0 saturated heterocycles. The molecule has 2 aromatic rings. The first-order valence-corrected chi connectivity index (χ1v) is 5.96. The summed E-state index contributed by atoms with van der Waals surface area (Å²) in [4.78, 5) is 8.41. The van der Waals surface area contributed by atoms with Crippen molar-refractivity contribution in [1.82, 2.24) is 15.3 Å². The predicted molar refractivity (Wildman–Crippen MR) is 75.3 cm³/mol. The fraction of sp³-hybridized carbons (Fsp3) is 0.143. The van der Waals surface area contributed by atoms with Crippen LogP contribution in [0.1, 0.15) is 11.3 Å². The van der Waals surface area contributed by atoms with Crippen LogP contribution in [0.2, 0.25) is 5.15 Å². The average Bonchev–Trinajstić information content (AvgIpc) is 2.38. The first-order chi connectivity index (χ1) is 8.63. The van der Waals surface area contributed by atoms with Gasteiger partial charge in [-0.3, -0.25) is 4.98 Å². The highest BCUT2D eigenvalue weighted by atomic mass is 35.5. The quantitative estimate of drug-likeness (QED) is 0.860. The van der Waals surface area contributed by atoms with Crippen LogP contribution in [0, 0.1) is 6.92 Å². The molecule has 0 fully saturated rings. The van der Waals surface area contributed by atoms with Gasteiger partial charge in [0.15, 0.2) is 0 Å². The molecule has 2 aromatic heterocycles. The van der Waals surface area contributed by atoms with Gasteiger partial charge in [-0.15, -0.1) is 0 Å². The van der Waals surface area contributed by atoms with E-state index in [1.165, 1.54) is 0 Å². The molecule has 18 heavy (non-hydrogen) atoms. The first kappa shape index (κ1) is 12.6. The number of halogens is 1. The molecule has 0 spiro atoms. The molecule has 0 aromatic carbocycles. The standard InChI is InChI=1S/C14H14ClN3/c1-9(16-3)13-8-18-14(15)7-12(13)11-5-4-6-17-10(11)2/h4-8,16H,1H2,2-3H3. The van der Waals surface area contributed by atoms with Crippen LogP contribution >= 0.6 is 11.6 Å². The van der Waals surface area contributed by atoms with Crippen LogP contribution in [-0.2, 0) is 0 Å².